The number of nitrogens with zero attached hydrogens (tertiary/aromatic N) is 1. The van der Waals surface area contributed by atoms with E-state index in [9.17, 15) is 13.2 Å². The summed E-state index contributed by atoms with van der Waals surface area (Å²) in [5.41, 5.74) is -0.460. The molecule has 0 spiro atoms. The lowest BCUT2D eigenvalue weighted by atomic mass is 10.1. The molecule has 1 aliphatic heterocycles. The molecule has 8 heteroatoms. The highest BCUT2D eigenvalue weighted by molar-refractivity contribution is 7.89. The number of aryl methyl sites for hydroxylation is 1. The van der Waals surface area contributed by atoms with Crippen LogP contribution < -0.4 is 15.1 Å². The number of ether oxygens (including phenoxy) is 2. The minimum atomic E-state index is -3.57. The van der Waals surface area contributed by atoms with Gasteiger partial charge in [-0.2, -0.15) is 4.31 Å². The number of methoxy groups -OCH3 is 1. The van der Waals surface area contributed by atoms with Crippen molar-refractivity contribution in [2.75, 3.05) is 20.2 Å². The van der Waals surface area contributed by atoms with Gasteiger partial charge in [-0.05, 0) is 31.9 Å². The molecule has 26 heavy (non-hydrogen) atoms. The molecule has 7 nitrogen and oxygen atoms in total. The zero-order valence-electron chi connectivity index (χ0n) is 14.7. The van der Waals surface area contributed by atoms with E-state index >= 15 is 0 Å². The largest absolute Gasteiger partial charge is 0.497 e. The van der Waals surface area contributed by atoms with Crippen molar-refractivity contribution >= 4 is 10.0 Å². The van der Waals surface area contributed by atoms with Gasteiger partial charge in [0.25, 0.3) is 0 Å². The molecule has 140 valence electrons. The molecule has 2 aromatic rings. The summed E-state index contributed by atoms with van der Waals surface area (Å²) >= 11 is 0. The van der Waals surface area contributed by atoms with E-state index in [0.717, 1.165) is 0 Å². The van der Waals surface area contributed by atoms with Crippen molar-refractivity contribution in [3.8, 4) is 11.5 Å². The van der Waals surface area contributed by atoms with E-state index in [2.05, 4.69) is 0 Å². The van der Waals surface area contributed by atoms with Crippen LogP contribution in [0.15, 0.2) is 50.5 Å². The highest BCUT2D eigenvalue weighted by Gasteiger charge is 2.30. The second-order valence-corrected chi connectivity index (χ2v) is 8.06. The van der Waals surface area contributed by atoms with Crippen molar-refractivity contribution in [3.63, 3.8) is 0 Å². The first-order valence-electron chi connectivity index (χ1n) is 8.31. The molecule has 1 aromatic heterocycles. The van der Waals surface area contributed by atoms with E-state index in [1.165, 1.54) is 23.5 Å². The molecule has 0 radical (unpaired) electrons. The van der Waals surface area contributed by atoms with Crippen molar-refractivity contribution in [2.24, 2.45) is 0 Å². The van der Waals surface area contributed by atoms with Gasteiger partial charge in [-0.15, -0.1) is 0 Å². The lowest BCUT2D eigenvalue weighted by molar-refractivity contribution is 0.134. The third-order valence-corrected chi connectivity index (χ3v) is 6.14. The van der Waals surface area contributed by atoms with Crippen molar-refractivity contribution in [2.45, 2.75) is 30.8 Å². The zero-order chi connectivity index (χ0) is 18.7. The summed E-state index contributed by atoms with van der Waals surface area (Å²) in [6.07, 6.45) is 0.943. The SMILES string of the molecule is COc1cccc(S(=O)(=O)N2CCC(Oc3cc(C)oc(=O)c3)CC2)c1. The summed E-state index contributed by atoms with van der Waals surface area (Å²) in [5, 5.41) is 0. The summed E-state index contributed by atoms with van der Waals surface area (Å²) in [4.78, 5) is 11.6. The number of hydrogen-bond acceptors (Lipinski definition) is 6. The third kappa shape index (κ3) is 4.08. The summed E-state index contributed by atoms with van der Waals surface area (Å²) in [6, 6.07) is 9.39. The molecular formula is C18H21NO6S. The van der Waals surface area contributed by atoms with Crippen LogP contribution in [0.3, 0.4) is 0 Å². The highest BCUT2D eigenvalue weighted by Crippen LogP contribution is 2.25. The van der Waals surface area contributed by atoms with Gasteiger partial charge in [0, 0.05) is 25.2 Å². The van der Waals surface area contributed by atoms with Gasteiger partial charge in [-0.3, -0.25) is 0 Å². The van der Waals surface area contributed by atoms with Gasteiger partial charge >= 0.3 is 5.63 Å². The lowest BCUT2D eigenvalue weighted by Gasteiger charge is -2.31. The predicted octanol–water partition coefficient (Wildman–Crippen LogP) is 2.19. The lowest BCUT2D eigenvalue weighted by Crippen LogP contribution is -2.41. The van der Waals surface area contributed by atoms with Crippen molar-refractivity contribution in [3.05, 3.63) is 52.6 Å². The third-order valence-electron chi connectivity index (χ3n) is 4.25. The molecule has 0 aliphatic carbocycles. The quantitative estimate of drug-likeness (QED) is 0.792. The van der Waals surface area contributed by atoms with E-state index in [1.807, 2.05) is 0 Å². The van der Waals surface area contributed by atoms with Crippen LogP contribution in [0.1, 0.15) is 18.6 Å². The van der Waals surface area contributed by atoms with Crippen LogP contribution in [-0.2, 0) is 10.0 Å². The maximum absolute atomic E-state index is 12.8. The van der Waals surface area contributed by atoms with Crippen molar-refractivity contribution in [1.29, 1.82) is 0 Å². The Bertz CT molecular complexity index is 929. The van der Waals surface area contributed by atoms with E-state index in [-0.39, 0.29) is 11.0 Å². The van der Waals surface area contributed by atoms with Gasteiger partial charge in [0.05, 0.1) is 18.1 Å². The van der Waals surface area contributed by atoms with Gasteiger partial charge in [-0.25, -0.2) is 13.2 Å². The average Bonchev–Trinajstić information content (AvgIpc) is 2.61. The normalized spacial score (nSPS) is 16.4. The van der Waals surface area contributed by atoms with Crippen molar-refractivity contribution in [1.82, 2.24) is 4.31 Å². The summed E-state index contributed by atoms with van der Waals surface area (Å²) in [5.74, 6) is 1.43. The monoisotopic (exact) mass is 379 g/mol. The van der Waals surface area contributed by atoms with E-state index < -0.39 is 15.6 Å². The zero-order valence-corrected chi connectivity index (χ0v) is 15.5. The molecule has 1 fully saturated rings. The number of benzene rings is 1. The molecule has 0 unspecified atom stereocenters. The van der Waals surface area contributed by atoms with E-state index in [1.54, 1.807) is 31.2 Å². The Labute approximate surface area is 152 Å². The predicted molar refractivity (Wildman–Crippen MR) is 95.1 cm³/mol. The Hall–Kier alpha value is -2.32. The van der Waals surface area contributed by atoms with Crippen LogP contribution in [-0.4, -0.2) is 39.0 Å². The first kappa shape index (κ1) is 18.5. The van der Waals surface area contributed by atoms with Crippen LogP contribution in [0.5, 0.6) is 11.5 Å². The topological polar surface area (TPSA) is 86.1 Å². The Balaban J connectivity index is 1.66. The molecular weight excluding hydrogens is 358 g/mol. The average molecular weight is 379 g/mol. The van der Waals surface area contributed by atoms with Gasteiger partial charge in [0.2, 0.25) is 10.0 Å². The van der Waals surface area contributed by atoms with Gasteiger partial charge < -0.3 is 13.9 Å². The fourth-order valence-electron chi connectivity index (χ4n) is 2.94. The first-order valence-corrected chi connectivity index (χ1v) is 9.75. The molecule has 1 aromatic carbocycles. The van der Waals surface area contributed by atoms with Crippen LogP contribution in [0.2, 0.25) is 0 Å². The first-order chi connectivity index (χ1) is 12.4. The maximum atomic E-state index is 12.8. The molecule has 2 heterocycles. The maximum Gasteiger partial charge on any atom is 0.339 e. The van der Waals surface area contributed by atoms with E-state index in [0.29, 0.717) is 43.2 Å². The fraction of sp³-hybridized carbons (Fsp3) is 0.389. The number of sulfonamides is 1. The highest BCUT2D eigenvalue weighted by atomic mass is 32.2. The Morgan fingerprint density at radius 1 is 1.12 bits per heavy atom. The van der Waals surface area contributed by atoms with Gasteiger partial charge in [-0.1, -0.05) is 6.07 Å². The molecule has 0 bridgehead atoms. The minimum Gasteiger partial charge on any atom is -0.497 e. The minimum absolute atomic E-state index is 0.145. The van der Waals surface area contributed by atoms with Crippen LogP contribution in [0.25, 0.3) is 0 Å². The Kier molecular flexibility index (Phi) is 5.33. The second-order valence-electron chi connectivity index (χ2n) is 6.12. The second kappa shape index (κ2) is 7.51. The number of hydrogen-bond donors (Lipinski definition) is 0. The molecule has 1 aliphatic rings. The smallest absolute Gasteiger partial charge is 0.339 e. The summed E-state index contributed by atoms with van der Waals surface area (Å²) in [6.45, 7) is 2.38. The molecule has 0 N–H and O–H groups in total. The van der Waals surface area contributed by atoms with E-state index in [4.69, 9.17) is 13.9 Å². The van der Waals surface area contributed by atoms with Crippen LogP contribution in [0.4, 0.5) is 0 Å². The Morgan fingerprint density at radius 3 is 2.50 bits per heavy atom. The standard InChI is InChI=1S/C18H21NO6S/c1-13-10-16(12-18(20)24-13)25-14-6-8-19(9-7-14)26(21,22)17-5-3-4-15(11-17)23-2/h3-5,10-12,14H,6-9H2,1-2H3. The Morgan fingerprint density at radius 2 is 1.85 bits per heavy atom. The summed E-state index contributed by atoms with van der Waals surface area (Å²) in [7, 11) is -2.07. The molecule has 1 saturated heterocycles. The van der Waals surface area contributed by atoms with Gasteiger partial charge in [0.1, 0.15) is 23.4 Å². The molecule has 0 amide bonds. The van der Waals surface area contributed by atoms with Crippen molar-refractivity contribution < 1.29 is 22.3 Å². The molecule has 0 atom stereocenters. The number of rotatable bonds is 5. The molecule has 3 rings (SSSR count). The van der Waals surface area contributed by atoms with Gasteiger partial charge in [0.15, 0.2) is 0 Å². The van der Waals surface area contributed by atoms with Crippen LogP contribution >= 0.6 is 0 Å². The van der Waals surface area contributed by atoms with Crippen LogP contribution in [0, 0.1) is 6.92 Å². The number of piperidine rings is 1. The fourth-order valence-corrected chi connectivity index (χ4v) is 4.44. The summed E-state index contributed by atoms with van der Waals surface area (Å²) < 4.78 is 42.8. The molecule has 0 saturated carbocycles.